The van der Waals surface area contributed by atoms with Crippen molar-refractivity contribution in [3.63, 3.8) is 0 Å². The van der Waals surface area contributed by atoms with Crippen molar-refractivity contribution in [3.05, 3.63) is 17.5 Å². The average molecular weight is 263 g/mol. The molecule has 1 aliphatic rings. The van der Waals surface area contributed by atoms with Crippen LogP contribution < -0.4 is 5.32 Å². The molecule has 0 saturated heterocycles. The van der Waals surface area contributed by atoms with E-state index in [-0.39, 0.29) is 5.41 Å². The highest BCUT2D eigenvalue weighted by Gasteiger charge is 2.64. The topological polar surface area (TPSA) is 29.9 Å². The Morgan fingerprint density at radius 1 is 1.21 bits per heavy atom. The quantitative estimate of drug-likeness (QED) is 0.907. The molecule has 0 bridgehead atoms. The fourth-order valence-electron chi connectivity index (χ4n) is 3.22. The van der Waals surface area contributed by atoms with Crippen LogP contribution in [0.2, 0.25) is 0 Å². The van der Waals surface area contributed by atoms with Gasteiger partial charge in [0.25, 0.3) is 0 Å². The SMILES string of the molecule is Cn1cc(CNC2C(C)(C)C2(C)C)c(C(C)(C)C)n1. The monoisotopic (exact) mass is 263 g/mol. The normalized spacial score (nSPS) is 21.7. The second kappa shape index (κ2) is 4.08. The highest BCUT2D eigenvalue weighted by Crippen LogP contribution is 2.62. The number of aromatic nitrogens is 2. The van der Waals surface area contributed by atoms with Gasteiger partial charge >= 0.3 is 0 Å². The van der Waals surface area contributed by atoms with Gasteiger partial charge in [0, 0.05) is 36.8 Å². The van der Waals surface area contributed by atoms with Gasteiger partial charge in [0.2, 0.25) is 0 Å². The molecular formula is C16H29N3. The Hall–Kier alpha value is -0.830. The van der Waals surface area contributed by atoms with E-state index in [9.17, 15) is 0 Å². The number of rotatable bonds is 3. The zero-order chi connectivity index (χ0) is 14.6. The summed E-state index contributed by atoms with van der Waals surface area (Å²) in [6.45, 7) is 17.0. The highest BCUT2D eigenvalue weighted by atomic mass is 15.3. The molecule has 0 radical (unpaired) electrons. The first-order valence-corrected chi connectivity index (χ1v) is 7.24. The van der Waals surface area contributed by atoms with Crippen molar-refractivity contribution in [3.8, 4) is 0 Å². The molecule has 0 amide bonds. The summed E-state index contributed by atoms with van der Waals surface area (Å²) in [6, 6.07) is 0.591. The molecule has 2 rings (SSSR count). The molecular weight excluding hydrogens is 234 g/mol. The van der Waals surface area contributed by atoms with Crippen molar-refractivity contribution in [2.45, 2.75) is 66.5 Å². The van der Waals surface area contributed by atoms with E-state index in [1.165, 1.54) is 11.3 Å². The van der Waals surface area contributed by atoms with Gasteiger partial charge in [-0.1, -0.05) is 48.5 Å². The average Bonchev–Trinajstić information content (AvgIpc) is 2.56. The van der Waals surface area contributed by atoms with Crippen LogP contribution in [0.15, 0.2) is 6.20 Å². The molecule has 1 aliphatic carbocycles. The van der Waals surface area contributed by atoms with Gasteiger partial charge in [-0.05, 0) is 10.8 Å². The molecule has 3 nitrogen and oxygen atoms in total. The van der Waals surface area contributed by atoms with E-state index in [0.717, 1.165) is 6.54 Å². The smallest absolute Gasteiger partial charge is 0.0722 e. The molecule has 0 unspecified atom stereocenters. The van der Waals surface area contributed by atoms with Crippen LogP contribution in [0.25, 0.3) is 0 Å². The molecule has 0 spiro atoms. The molecule has 3 heteroatoms. The Kier molecular flexibility index (Phi) is 3.13. The van der Waals surface area contributed by atoms with Crippen molar-refractivity contribution in [2.24, 2.45) is 17.9 Å². The fraction of sp³-hybridized carbons (Fsp3) is 0.812. The van der Waals surface area contributed by atoms with Crippen molar-refractivity contribution < 1.29 is 0 Å². The summed E-state index contributed by atoms with van der Waals surface area (Å²) in [5.74, 6) is 0. The van der Waals surface area contributed by atoms with Gasteiger partial charge in [-0.2, -0.15) is 5.10 Å². The maximum absolute atomic E-state index is 4.63. The van der Waals surface area contributed by atoms with E-state index in [1.54, 1.807) is 0 Å². The van der Waals surface area contributed by atoms with Gasteiger partial charge in [0.1, 0.15) is 0 Å². The number of nitrogens with zero attached hydrogens (tertiary/aromatic N) is 2. The second-order valence-corrected chi connectivity index (χ2v) is 8.18. The van der Waals surface area contributed by atoms with Crippen LogP contribution >= 0.6 is 0 Å². The second-order valence-electron chi connectivity index (χ2n) is 8.18. The van der Waals surface area contributed by atoms with Crippen molar-refractivity contribution in [1.29, 1.82) is 0 Å². The van der Waals surface area contributed by atoms with Crippen molar-refractivity contribution >= 4 is 0 Å². The van der Waals surface area contributed by atoms with E-state index < -0.39 is 0 Å². The summed E-state index contributed by atoms with van der Waals surface area (Å²) in [5, 5.41) is 8.36. The third kappa shape index (κ3) is 2.33. The molecule has 1 fully saturated rings. The Morgan fingerprint density at radius 2 is 1.74 bits per heavy atom. The molecule has 0 aromatic carbocycles. The Morgan fingerprint density at radius 3 is 2.16 bits per heavy atom. The minimum Gasteiger partial charge on any atom is -0.309 e. The van der Waals surface area contributed by atoms with Crippen LogP contribution in [0.5, 0.6) is 0 Å². The lowest BCUT2D eigenvalue weighted by atomic mass is 9.89. The molecule has 1 saturated carbocycles. The van der Waals surface area contributed by atoms with Crippen LogP contribution in [0.3, 0.4) is 0 Å². The van der Waals surface area contributed by atoms with Gasteiger partial charge in [0.15, 0.2) is 0 Å². The number of hydrogen-bond donors (Lipinski definition) is 1. The number of nitrogens with one attached hydrogen (secondary N) is 1. The lowest BCUT2D eigenvalue weighted by Crippen LogP contribution is -2.24. The van der Waals surface area contributed by atoms with E-state index >= 15 is 0 Å². The molecule has 1 N–H and O–H groups in total. The lowest BCUT2D eigenvalue weighted by molar-refractivity contribution is 0.457. The van der Waals surface area contributed by atoms with Crippen molar-refractivity contribution in [1.82, 2.24) is 15.1 Å². The molecule has 0 atom stereocenters. The minimum atomic E-state index is 0.104. The fourth-order valence-corrected chi connectivity index (χ4v) is 3.22. The van der Waals surface area contributed by atoms with Crippen LogP contribution in [0, 0.1) is 10.8 Å². The molecule has 1 aromatic heterocycles. The Bertz CT molecular complexity index is 461. The maximum Gasteiger partial charge on any atom is 0.0722 e. The summed E-state index contributed by atoms with van der Waals surface area (Å²) >= 11 is 0. The summed E-state index contributed by atoms with van der Waals surface area (Å²) in [7, 11) is 2.00. The Balaban J connectivity index is 2.10. The first-order chi connectivity index (χ1) is 8.48. The van der Waals surface area contributed by atoms with Gasteiger partial charge < -0.3 is 5.32 Å². The summed E-state index contributed by atoms with van der Waals surface area (Å²) in [5.41, 5.74) is 3.41. The third-order valence-electron chi connectivity index (χ3n) is 5.13. The summed E-state index contributed by atoms with van der Waals surface area (Å²) in [6.07, 6.45) is 2.15. The largest absolute Gasteiger partial charge is 0.309 e. The third-order valence-corrected chi connectivity index (χ3v) is 5.13. The van der Waals surface area contributed by atoms with Gasteiger partial charge in [-0.25, -0.2) is 0 Å². The zero-order valence-electron chi connectivity index (χ0n) is 13.8. The van der Waals surface area contributed by atoms with Gasteiger partial charge in [0.05, 0.1) is 5.69 Å². The molecule has 1 heterocycles. The first kappa shape index (κ1) is 14.6. The van der Waals surface area contributed by atoms with Crippen molar-refractivity contribution in [2.75, 3.05) is 0 Å². The van der Waals surface area contributed by atoms with Gasteiger partial charge in [-0.15, -0.1) is 0 Å². The van der Waals surface area contributed by atoms with Crippen LogP contribution in [0.1, 0.15) is 59.7 Å². The Labute approximate surface area is 117 Å². The number of hydrogen-bond acceptors (Lipinski definition) is 2. The standard InChI is InChI=1S/C16H29N3/c1-14(2,3)12-11(10-19(8)18-12)9-17-13-15(4,5)16(13,6)7/h10,13,17H,9H2,1-8H3. The summed E-state index contributed by atoms with van der Waals surface area (Å²) in [4.78, 5) is 0. The highest BCUT2D eigenvalue weighted by molar-refractivity contribution is 5.25. The predicted octanol–water partition coefficient (Wildman–Crippen LogP) is 3.24. The van der Waals surface area contributed by atoms with Crippen LogP contribution in [0.4, 0.5) is 0 Å². The predicted molar refractivity (Wildman–Crippen MR) is 80.1 cm³/mol. The number of aryl methyl sites for hydroxylation is 1. The maximum atomic E-state index is 4.63. The van der Waals surface area contributed by atoms with Crippen LogP contribution in [-0.2, 0) is 19.0 Å². The van der Waals surface area contributed by atoms with E-state index in [1.807, 2.05) is 11.7 Å². The molecule has 0 aliphatic heterocycles. The minimum absolute atomic E-state index is 0.104. The first-order valence-electron chi connectivity index (χ1n) is 7.24. The van der Waals surface area contributed by atoms with E-state index in [0.29, 0.717) is 16.9 Å². The molecule has 19 heavy (non-hydrogen) atoms. The van der Waals surface area contributed by atoms with E-state index in [4.69, 9.17) is 0 Å². The van der Waals surface area contributed by atoms with Crippen LogP contribution in [-0.4, -0.2) is 15.8 Å². The molecule has 108 valence electrons. The lowest BCUT2D eigenvalue weighted by Gasteiger charge is -2.18. The van der Waals surface area contributed by atoms with E-state index in [2.05, 4.69) is 65.1 Å². The van der Waals surface area contributed by atoms with Gasteiger partial charge in [-0.3, -0.25) is 4.68 Å². The summed E-state index contributed by atoms with van der Waals surface area (Å²) < 4.78 is 1.93. The molecule has 1 aromatic rings. The zero-order valence-corrected chi connectivity index (χ0v) is 13.8.